The molecule has 2 N–H and O–H groups in total. The van der Waals surface area contributed by atoms with Gasteiger partial charge in [0.05, 0.1) is 6.10 Å². The summed E-state index contributed by atoms with van der Waals surface area (Å²) in [4.78, 5) is 14.6. The standard InChI is InChI=1S/C19H28N2O2S/c22-18-4-8-21(9-5-18)14-16-2-1-3-17(12-16)20-19(23)13-15-6-10-24-11-7-15/h1-3,12,15,18,22H,4-11,13-14H2,(H,20,23). The molecule has 2 aliphatic heterocycles. The Kier molecular flexibility index (Phi) is 6.58. The van der Waals surface area contributed by atoms with Gasteiger partial charge in [-0.15, -0.1) is 0 Å². The predicted octanol–water partition coefficient (Wildman–Crippen LogP) is 3.12. The second kappa shape index (κ2) is 8.88. The topological polar surface area (TPSA) is 52.6 Å². The predicted molar refractivity (Wildman–Crippen MR) is 100 cm³/mol. The molecule has 4 nitrogen and oxygen atoms in total. The van der Waals surface area contributed by atoms with Crippen LogP contribution in [-0.4, -0.2) is 46.6 Å². The number of aliphatic hydroxyl groups excluding tert-OH is 1. The molecule has 0 saturated carbocycles. The summed E-state index contributed by atoms with van der Waals surface area (Å²) < 4.78 is 0. The molecule has 0 radical (unpaired) electrons. The summed E-state index contributed by atoms with van der Waals surface area (Å²) in [6, 6.07) is 8.18. The molecule has 2 aliphatic rings. The molecule has 2 fully saturated rings. The van der Waals surface area contributed by atoms with Crippen LogP contribution in [0.5, 0.6) is 0 Å². The first-order valence-corrected chi connectivity index (χ1v) is 10.2. The maximum atomic E-state index is 12.3. The number of thioether (sulfide) groups is 1. The highest BCUT2D eigenvalue weighted by atomic mass is 32.2. The third-order valence-electron chi connectivity index (χ3n) is 4.99. The lowest BCUT2D eigenvalue weighted by molar-refractivity contribution is -0.117. The van der Waals surface area contributed by atoms with Crippen LogP contribution in [0.1, 0.15) is 37.7 Å². The fourth-order valence-electron chi connectivity index (χ4n) is 3.51. The maximum Gasteiger partial charge on any atom is 0.224 e. The van der Waals surface area contributed by atoms with Crippen molar-refractivity contribution < 1.29 is 9.90 Å². The van der Waals surface area contributed by atoms with Gasteiger partial charge < -0.3 is 10.4 Å². The summed E-state index contributed by atoms with van der Waals surface area (Å²) in [5, 5.41) is 12.7. The van der Waals surface area contributed by atoms with E-state index >= 15 is 0 Å². The minimum atomic E-state index is -0.134. The van der Waals surface area contributed by atoms with Crippen LogP contribution in [-0.2, 0) is 11.3 Å². The zero-order chi connectivity index (χ0) is 16.8. The van der Waals surface area contributed by atoms with Crippen LogP contribution in [0.2, 0.25) is 0 Å². The zero-order valence-corrected chi connectivity index (χ0v) is 15.1. The van der Waals surface area contributed by atoms with Crippen LogP contribution in [0.15, 0.2) is 24.3 Å². The third kappa shape index (κ3) is 5.50. The number of benzene rings is 1. The van der Waals surface area contributed by atoms with Crippen LogP contribution in [0.4, 0.5) is 5.69 Å². The number of carbonyl (C=O) groups excluding carboxylic acids is 1. The molecule has 3 rings (SSSR count). The summed E-state index contributed by atoms with van der Waals surface area (Å²) in [7, 11) is 0. The van der Waals surface area contributed by atoms with Crippen molar-refractivity contribution in [3.8, 4) is 0 Å². The van der Waals surface area contributed by atoms with Gasteiger partial charge in [-0.25, -0.2) is 0 Å². The highest BCUT2D eigenvalue weighted by molar-refractivity contribution is 7.99. The number of aliphatic hydroxyl groups is 1. The molecule has 0 bridgehead atoms. The van der Waals surface area contributed by atoms with E-state index in [9.17, 15) is 9.90 Å². The van der Waals surface area contributed by atoms with Crippen molar-refractivity contribution in [1.29, 1.82) is 0 Å². The zero-order valence-electron chi connectivity index (χ0n) is 14.2. The fourth-order valence-corrected chi connectivity index (χ4v) is 4.71. The van der Waals surface area contributed by atoms with Crippen LogP contribution < -0.4 is 5.32 Å². The van der Waals surface area contributed by atoms with Crippen molar-refractivity contribution in [3.63, 3.8) is 0 Å². The molecule has 132 valence electrons. The number of hydrogen-bond acceptors (Lipinski definition) is 4. The van der Waals surface area contributed by atoms with E-state index in [2.05, 4.69) is 22.3 Å². The second-order valence-electron chi connectivity index (χ2n) is 7.02. The van der Waals surface area contributed by atoms with E-state index in [-0.39, 0.29) is 12.0 Å². The molecule has 24 heavy (non-hydrogen) atoms. The smallest absolute Gasteiger partial charge is 0.224 e. The van der Waals surface area contributed by atoms with Gasteiger partial charge in [0.15, 0.2) is 0 Å². The van der Waals surface area contributed by atoms with Gasteiger partial charge in [-0.1, -0.05) is 12.1 Å². The summed E-state index contributed by atoms with van der Waals surface area (Å²) in [5.41, 5.74) is 2.12. The van der Waals surface area contributed by atoms with E-state index in [4.69, 9.17) is 0 Å². The number of amides is 1. The van der Waals surface area contributed by atoms with E-state index in [1.165, 1.54) is 29.9 Å². The molecule has 0 atom stereocenters. The molecule has 0 spiro atoms. The van der Waals surface area contributed by atoms with Gasteiger partial charge in [0, 0.05) is 31.7 Å². The number of hydrogen-bond donors (Lipinski definition) is 2. The summed E-state index contributed by atoms with van der Waals surface area (Å²) in [6.45, 7) is 2.77. The van der Waals surface area contributed by atoms with Gasteiger partial charge in [-0.2, -0.15) is 11.8 Å². The number of piperidine rings is 1. The van der Waals surface area contributed by atoms with Gasteiger partial charge in [0.1, 0.15) is 0 Å². The van der Waals surface area contributed by atoms with Gasteiger partial charge in [0.2, 0.25) is 5.91 Å². The highest BCUT2D eigenvalue weighted by Gasteiger charge is 2.18. The number of rotatable bonds is 5. The Morgan fingerprint density at radius 3 is 2.71 bits per heavy atom. The summed E-state index contributed by atoms with van der Waals surface area (Å²) >= 11 is 2.00. The first-order valence-electron chi connectivity index (χ1n) is 9.06. The Balaban J connectivity index is 1.50. The van der Waals surface area contributed by atoms with Crippen molar-refractivity contribution in [2.45, 2.75) is 44.8 Å². The Morgan fingerprint density at radius 1 is 1.21 bits per heavy atom. The lowest BCUT2D eigenvalue weighted by atomic mass is 9.98. The molecule has 2 heterocycles. The van der Waals surface area contributed by atoms with Crippen molar-refractivity contribution in [2.75, 3.05) is 29.9 Å². The molecule has 2 saturated heterocycles. The quantitative estimate of drug-likeness (QED) is 0.858. The van der Waals surface area contributed by atoms with E-state index in [1.807, 2.05) is 23.9 Å². The largest absolute Gasteiger partial charge is 0.393 e. The molecular weight excluding hydrogens is 320 g/mol. The van der Waals surface area contributed by atoms with Gasteiger partial charge in [-0.05, 0) is 60.8 Å². The van der Waals surface area contributed by atoms with Crippen molar-refractivity contribution in [1.82, 2.24) is 4.90 Å². The number of likely N-dealkylation sites (tertiary alicyclic amines) is 1. The molecule has 5 heteroatoms. The molecule has 0 aliphatic carbocycles. The third-order valence-corrected chi connectivity index (χ3v) is 6.04. The fraction of sp³-hybridized carbons (Fsp3) is 0.632. The van der Waals surface area contributed by atoms with Crippen molar-refractivity contribution >= 4 is 23.4 Å². The van der Waals surface area contributed by atoms with E-state index in [1.54, 1.807) is 0 Å². The first kappa shape index (κ1) is 17.8. The SMILES string of the molecule is O=C(CC1CCSCC1)Nc1cccc(CN2CCC(O)CC2)c1. The Morgan fingerprint density at radius 2 is 1.96 bits per heavy atom. The van der Waals surface area contributed by atoms with Gasteiger partial charge in [-0.3, -0.25) is 9.69 Å². The van der Waals surface area contributed by atoms with Gasteiger partial charge >= 0.3 is 0 Å². The molecule has 1 aromatic rings. The lowest BCUT2D eigenvalue weighted by Gasteiger charge is -2.29. The molecule has 1 amide bonds. The van der Waals surface area contributed by atoms with E-state index in [0.717, 1.165) is 38.2 Å². The highest BCUT2D eigenvalue weighted by Crippen LogP contribution is 2.25. The van der Waals surface area contributed by atoms with Crippen molar-refractivity contribution in [2.24, 2.45) is 5.92 Å². The number of carbonyl (C=O) groups is 1. The number of nitrogens with one attached hydrogen (secondary N) is 1. The summed E-state index contributed by atoms with van der Waals surface area (Å²) in [6.07, 6.45) is 4.56. The Labute approximate surface area is 149 Å². The minimum Gasteiger partial charge on any atom is -0.393 e. The minimum absolute atomic E-state index is 0.134. The monoisotopic (exact) mass is 348 g/mol. The molecule has 0 unspecified atom stereocenters. The average molecular weight is 349 g/mol. The van der Waals surface area contributed by atoms with Crippen molar-refractivity contribution in [3.05, 3.63) is 29.8 Å². The van der Waals surface area contributed by atoms with Crippen LogP contribution in [0.25, 0.3) is 0 Å². The van der Waals surface area contributed by atoms with Crippen LogP contribution in [0.3, 0.4) is 0 Å². The molecular formula is C19H28N2O2S. The lowest BCUT2D eigenvalue weighted by Crippen LogP contribution is -2.35. The van der Waals surface area contributed by atoms with Gasteiger partial charge in [0.25, 0.3) is 0 Å². The van der Waals surface area contributed by atoms with Crippen LogP contribution in [0, 0.1) is 5.92 Å². The average Bonchev–Trinajstić information content (AvgIpc) is 2.58. The second-order valence-corrected chi connectivity index (χ2v) is 8.24. The van der Waals surface area contributed by atoms with Crippen LogP contribution >= 0.6 is 11.8 Å². The normalized spacial score (nSPS) is 20.9. The Hall–Kier alpha value is -1.04. The number of nitrogens with zero attached hydrogens (tertiary/aromatic N) is 1. The number of anilines is 1. The molecule has 0 aromatic heterocycles. The van der Waals surface area contributed by atoms with E-state index in [0.29, 0.717) is 12.3 Å². The molecule has 1 aromatic carbocycles. The maximum absolute atomic E-state index is 12.3. The Bertz CT molecular complexity index is 538. The van der Waals surface area contributed by atoms with E-state index < -0.39 is 0 Å². The first-order chi connectivity index (χ1) is 11.7. The summed E-state index contributed by atoms with van der Waals surface area (Å²) in [5.74, 6) is 3.08.